The number of aryl methyl sites for hydroxylation is 1. The summed E-state index contributed by atoms with van der Waals surface area (Å²) in [6, 6.07) is 9.56. The first-order chi connectivity index (χ1) is 14.6. The Morgan fingerprint density at radius 2 is 2.00 bits per heavy atom. The first kappa shape index (κ1) is 20.3. The van der Waals surface area contributed by atoms with Crippen LogP contribution in [0.15, 0.2) is 30.6 Å². The van der Waals surface area contributed by atoms with Crippen LogP contribution in [0.4, 0.5) is 5.82 Å². The molecule has 0 atom stereocenters. The molecule has 0 unspecified atom stereocenters. The smallest absolute Gasteiger partial charge is 0.269 e. The van der Waals surface area contributed by atoms with Gasteiger partial charge in [0.05, 0.1) is 12.4 Å². The van der Waals surface area contributed by atoms with Crippen LogP contribution in [-0.2, 0) is 12.4 Å². The van der Waals surface area contributed by atoms with Gasteiger partial charge in [-0.25, -0.2) is 4.98 Å². The van der Waals surface area contributed by atoms with Crippen LogP contribution in [-0.4, -0.2) is 31.5 Å². The molecule has 1 saturated carbocycles. The number of alkyl halides is 1. The zero-order valence-electron chi connectivity index (χ0n) is 16.7. The number of rotatable bonds is 5. The summed E-state index contributed by atoms with van der Waals surface area (Å²) in [5.41, 5.74) is 5.83. The largest absolute Gasteiger partial charge is 0.318 e. The highest BCUT2D eigenvalue weighted by Crippen LogP contribution is 2.29. The van der Waals surface area contributed by atoms with Gasteiger partial charge in [-0.05, 0) is 30.5 Å². The van der Waals surface area contributed by atoms with Gasteiger partial charge in [0.15, 0.2) is 17.0 Å². The van der Waals surface area contributed by atoms with Crippen molar-refractivity contribution in [2.75, 3.05) is 5.01 Å². The average molecular weight is 468 g/mol. The molecule has 0 aliphatic heterocycles. The van der Waals surface area contributed by atoms with Crippen LogP contribution in [0.1, 0.15) is 53.8 Å². The molecule has 1 aliphatic rings. The van der Waals surface area contributed by atoms with Gasteiger partial charge in [-0.1, -0.05) is 47.3 Å². The molecule has 0 radical (unpaired) electrons. The molecular weight excluding hydrogens is 446 g/mol. The van der Waals surface area contributed by atoms with Crippen molar-refractivity contribution in [2.24, 2.45) is 7.05 Å². The first-order valence-electron chi connectivity index (χ1n) is 9.95. The third kappa shape index (κ3) is 4.00. The minimum Gasteiger partial charge on any atom is -0.318 e. The van der Waals surface area contributed by atoms with E-state index >= 15 is 0 Å². The molecule has 0 spiro atoms. The van der Waals surface area contributed by atoms with E-state index in [0.717, 1.165) is 36.6 Å². The fraction of sp³-hybridized carbons (Fsp3) is 0.381. The van der Waals surface area contributed by atoms with Gasteiger partial charge in [-0.2, -0.15) is 15.2 Å². The molecule has 1 amide bonds. The van der Waals surface area contributed by atoms with E-state index in [-0.39, 0.29) is 17.8 Å². The number of carbonyl (C=O) groups is 1. The SMILES string of the molecule is Cn1cnc2c(N(NC(=O)c3ccc(CBr)cc3)C3CCCCC3)nc(C#N)nc21. The van der Waals surface area contributed by atoms with Crippen LogP contribution in [0.2, 0.25) is 0 Å². The second kappa shape index (κ2) is 8.79. The van der Waals surface area contributed by atoms with Crippen molar-refractivity contribution in [3.63, 3.8) is 0 Å². The minimum absolute atomic E-state index is 0.0535. The quantitative estimate of drug-likeness (QED) is 0.454. The molecule has 2 aromatic heterocycles. The number of nitriles is 1. The number of amides is 1. The summed E-state index contributed by atoms with van der Waals surface area (Å²) >= 11 is 3.42. The number of imidazole rings is 1. The van der Waals surface area contributed by atoms with Crippen molar-refractivity contribution in [2.45, 2.75) is 43.5 Å². The predicted molar refractivity (Wildman–Crippen MR) is 117 cm³/mol. The Balaban J connectivity index is 1.74. The summed E-state index contributed by atoms with van der Waals surface area (Å²) in [5.74, 6) is 0.301. The van der Waals surface area contributed by atoms with E-state index in [1.807, 2.05) is 37.4 Å². The van der Waals surface area contributed by atoms with E-state index in [0.29, 0.717) is 22.5 Å². The summed E-state index contributed by atoms with van der Waals surface area (Å²) in [6.07, 6.45) is 6.85. The molecule has 0 saturated heterocycles. The minimum atomic E-state index is -0.220. The molecule has 4 rings (SSSR count). The standard InChI is InChI=1S/C21H22BrN7O/c1-28-13-24-18-19(28)25-17(12-23)26-20(18)29(16-5-3-2-4-6-16)27-21(30)15-9-7-14(11-22)8-10-15/h7-10,13,16H,2-6,11H2,1H3,(H,27,30). The van der Waals surface area contributed by atoms with E-state index in [4.69, 9.17) is 0 Å². The number of benzene rings is 1. The number of nitrogens with zero attached hydrogens (tertiary/aromatic N) is 6. The Hall–Kier alpha value is -2.99. The normalized spacial score (nSPS) is 14.4. The summed E-state index contributed by atoms with van der Waals surface area (Å²) in [5, 5.41) is 12.0. The molecule has 1 N–H and O–H groups in total. The first-order valence-corrected chi connectivity index (χ1v) is 11.1. The van der Waals surface area contributed by atoms with E-state index in [1.165, 1.54) is 6.42 Å². The van der Waals surface area contributed by atoms with Gasteiger partial charge in [0, 0.05) is 17.9 Å². The number of hydrogen-bond donors (Lipinski definition) is 1. The molecule has 1 aromatic carbocycles. The van der Waals surface area contributed by atoms with E-state index in [1.54, 1.807) is 15.9 Å². The second-order valence-corrected chi connectivity index (χ2v) is 8.00. The monoisotopic (exact) mass is 467 g/mol. The van der Waals surface area contributed by atoms with Gasteiger partial charge < -0.3 is 4.57 Å². The van der Waals surface area contributed by atoms with E-state index < -0.39 is 0 Å². The predicted octanol–water partition coefficient (Wildman–Crippen LogP) is 3.61. The lowest BCUT2D eigenvalue weighted by Crippen LogP contribution is -2.50. The maximum Gasteiger partial charge on any atom is 0.269 e. The topological polar surface area (TPSA) is 99.7 Å². The molecule has 0 bridgehead atoms. The lowest BCUT2D eigenvalue weighted by atomic mass is 9.95. The number of anilines is 1. The van der Waals surface area contributed by atoms with Crippen molar-refractivity contribution >= 4 is 38.8 Å². The zero-order chi connectivity index (χ0) is 21.1. The van der Waals surface area contributed by atoms with E-state index in [2.05, 4.69) is 36.3 Å². The Morgan fingerprint density at radius 3 is 2.67 bits per heavy atom. The molecule has 9 heteroatoms. The highest BCUT2D eigenvalue weighted by molar-refractivity contribution is 9.08. The Labute approximate surface area is 183 Å². The molecule has 8 nitrogen and oxygen atoms in total. The van der Waals surface area contributed by atoms with Crippen LogP contribution < -0.4 is 10.4 Å². The summed E-state index contributed by atoms with van der Waals surface area (Å²) in [4.78, 5) is 26.2. The van der Waals surface area contributed by atoms with Crippen LogP contribution >= 0.6 is 15.9 Å². The van der Waals surface area contributed by atoms with Crippen LogP contribution in [0.5, 0.6) is 0 Å². The molecule has 30 heavy (non-hydrogen) atoms. The van der Waals surface area contributed by atoms with Gasteiger partial charge in [-0.3, -0.25) is 15.2 Å². The zero-order valence-corrected chi connectivity index (χ0v) is 18.3. The summed E-state index contributed by atoms with van der Waals surface area (Å²) in [6.45, 7) is 0. The molecular formula is C21H22BrN7O. The average Bonchev–Trinajstić information content (AvgIpc) is 3.18. The van der Waals surface area contributed by atoms with Crippen molar-refractivity contribution in [3.05, 3.63) is 47.5 Å². The van der Waals surface area contributed by atoms with Gasteiger partial charge in [0.25, 0.3) is 5.91 Å². The fourth-order valence-corrected chi connectivity index (χ4v) is 4.16. The van der Waals surface area contributed by atoms with Crippen molar-refractivity contribution in [3.8, 4) is 6.07 Å². The number of carbonyl (C=O) groups excluding carboxylic acids is 1. The summed E-state index contributed by atoms with van der Waals surface area (Å²) in [7, 11) is 1.82. The lowest BCUT2D eigenvalue weighted by Gasteiger charge is -2.35. The molecule has 1 fully saturated rings. The van der Waals surface area contributed by atoms with Crippen LogP contribution in [0, 0.1) is 11.3 Å². The Bertz CT molecular complexity index is 1100. The van der Waals surface area contributed by atoms with Crippen LogP contribution in [0.25, 0.3) is 11.2 Å². The fourth-order valence-electron chi connectivity index (χ4n) is 3.79. The lowest BCUT2D eigenvalue weighted by molar-refractivity contribution is 0.0941. The highest BCUT2D eigenvalue weighted by atomic mass is 79.9. The molecule has 2 heterocycles. The number of halogens is 1. The van der Waals surface area contributed by atoms with Gasteiger partial charge >= 0.3 is 0 Å². The molecule has 154 valence electrons. The molecule has 3 aromatic rings. The number of aromatic nitrogens is 4. The third-order valence-corrected chi connectivity index (χ3v) is 6.05. The van der Waals surface area contributed by atoms with Crippen molar-refractivity contribution < 1.29 is 4.79 Å². The summed E-state index contributed by atoms with van der Waals surface area (Å²) < 4.78 is 1.75. The van der Waals surface area contributed by atoms with Gasteiger partial charge in [-0.15, -0.1) is 0 Å². The van der Waals surface area contributed by atoms with Crippen LogP contribution in [0.3, 0.4) is 0 Å². The maximum atomic E-state index is 13.1. The third-order valence-electron chi connectivity index (χ3n) is 5.40. The van der Waals surface area contributed by atoms with Gasteiger partial charge in [0.2, 0.25) is 5.82 Å². The van der Waals surface area contributed by atoms with E-state index in [9.17, 15) is 10.1 Å². The Kier molecular flexibility index (Phi) is 5.95. The maximum absolute atomic E-state index is 13.1. The van der Waals surface area contributed by atoms with Crippen molar-refractivity contribution in [1.82, 2.24) is 24.9 Å². The van der Waals surface area contributed by atoms with Gasteiger partial charge in [0.1, 0.15) is 6.07 Å². The number of hydrogen-bond acceptors (Lipinski definition) is 6. The van der Waals surface area contributed by atoms with Crippen molar-refractivity contribution in [1.29, 1.82) is 5.26 Å². The Morgan fingerprint density at radius 1 is 1.27 bits per heavy atom. The molecule has 1 aliphatic carbocycles. The number of hydrazine groups is 1. The second-order valence-electron chi connectivity index (χ2n) is 7.44. The highest BCUT2D eigenvalue weighted by Gasteiger charge is 2.28. The number of nitrogens with one attached hydrogen (secondary N) is 1. The number of fused-ring (bicyclic) bond motifs is 1.